The Morgan fingerprint density at radius 3 is 2.92 bits per heavy atom. The fraction of sp³-hybridized carbons (Fsp3) is 0.455. The minimum absolute atomic E-state index is 0.0700. The molecular weight excluding hydrogens is 165 g/mol. The number of aryl methyl sites for hydroxylation is 1. The highest BCUT2D eigenvalue weighted by Crippen LogP contribution is 2.25. The summed E-state index contributed by atoms with van der Waals surface area (Å²) in [5.41, 5.74) is 1.81. The highest BCUT2D eigenvalue weighted by atomic mass is 19.1. The molecule has 1 saturated heterocycles. The van der Waals surface area contributed by atoms with E-state index in [0.717, 1.165) is 30.5 Å². The van der Waals surface area contributed by atoms with Gasteiger partial charge in [-0.25, -0.2) is 4.39 Å². The van der Waals surface area contributed by atoms with Gasteiger partial charge in [-0.3, -0.25) is 0 Å². The number of hydrogen-bond acceptors (Lipinski definition) is 1. The van der Waals surface area contributed by atoms with Crippen molar-refractivity contribution < 1.29 is 4.39 Å². The minimum atomic E-state index is -0.0700. The van der Waals surface area contributed by atoms with Crippen LogP contribution >= 0.6 is 0 Å². The first-order chi connectivity index (χ1) is 6.27. The molecule has 0 saturated carbocycles. The molecule has 1 aliphatic heterocycles. The third kappa shape index (κ3) is 1.73. The molecule has 0 aliphatic carbocycles. The lowest BCUT2D eigenvalue weighted by atomic mass is 10.0. The smallest absolute Gasteiger partial charge is 0.128 e. The van der Waals surface area contributed by atoms with Crippen molar-refractivity contribution >= 4 is 0 Å². The van der Waals surface area contributed by atoms with Gasteiger partial charge in [-0.05, 0) is 37.9 Å². The minimum Gasteiger partial charge on any atom is -0.310 e. The van der Waals surface area contributed by atoms with Crippen molar-refractivity contribution in [3.63, 3.8) is 0 Å². The van der Waals surface area contributed by atoms with Crippen molar-refractivity contribution in [1.29, 1.82) is 0 Å². The lowest BCUT2D eigenvalue weighted by Gasteiger charge is -2.11. The molecule has 1 atom stereocenters. The van der Waals surface area contributed by atoms with Crippen LogP contribution in [0.3, 0.4) is 0 Å². The van der Waals surface area contributed by atoms with Gasteiger partial charge in [0.25, 0.3) is 0 Å². The zero-order valence-corrected chi connectivity index (χ0v) is 7.81. The van der Waals surface area contributed by atoms with E-state index >= 15 is 0 Å². The van der Waals surface area contributed by atoms with Crippen LogP contribution in [0, 0.1) is 12.7 Å². The maximum Gasteiger partial charge on any atom is 0.128 e. The third-order valence-electron chi connectivity index (χ3n) is 2.59. The van der Waals surface area contributed by atoms with Crippen LogP contribution in [0.25, 0.3) is 0 Å². The summed E-state index contributed by atoms with van der Waals surface area (Å²) in [6.45, 7) is 2.92. The molecule has 1 unspecified atom stereocenters. The molecule has 1 N–H and O–H groups in total. The summed E-state index contributed by atoms with van der Waals surface area (Å²) in [5, 5.41) is 3.29. The molecule has 70 valence electrons. The van der Waals surface area contributed by atoms with Crippen LogP contribution in [-0.4, -0.2) is 6.54 Å². The van der Waals surface area contributed by atoms with Gasteiger partial charge in [0.05, 0.1) is 0 Å². The molecule has 1 aromatic rings. The summed E-state index contributed by atoms with van der Waals surface area (Å²) in [4.78, 5) is 0. The van der Waals surface area contributed by atoms with Crippen LogP contribution in [0.5, 0.6) is 0 Å². The second-order valence-electron chi connectivity index (χ2n) is 3.67. The van der Waals surface area contributed by atoms with Gasteiger partial charge in [0, 0.05) is 11.6 Å². The second-order valence-corrected chi connectivity index (χ2v) is 3.67. The van der Waals surface area contributed by atoms with Gasteiger partial charge in [-0.1, -0.05) is 12.1 Å². The predicted molar refractivity (Wildman–Crippen MR) is 51.1 cm³/mol. The number of nitrogens with one attached hydrogen (secondary N) is 1. The SMILES string of the molecule is Cc1ccc(C2CCCN2)c(F)c1. The largest absolute Gasteiger partial charge is 0.310 e. The van der Waals surface area contributed by atoms with Crippen molar-refractivity contribution in [2.24, 2.45) is 0 Å². The van der Waals surface area contributed by atoms with E-state index in [1.165, 1.54) is 0 Å². The molecule has 1 nitrogen and oxygen atoms in total. The topological polar surface area (TPSA) is 12.0 Å². The molecule has 1 aliphatic rings. The Morgan fingerprint density at radius 2 is 2.31 bits per heavy atom. The molecular formula is C11H14FN. The van der Waals surface area contributed by atoms with Crippen LogP contribution < -0.4 is 5.32 Å². The van der Waals surface area contributed by atoms with E-state index in [0.29, 0.717) is 0 Å². The van der Waals surface area contributed by atoms with Crippen molar-refractivity contribution in [3.05, 3.63) is 35.1 Å². The fourth-order valence-corrected chi connectivity index (χ4v) is 1.86. The Morgan fingerprint density at radius 1 is 1.46 bits per heavy atom. The molecule has 1 aromatic carbocycles. The first-order valence-electron chi connectivity index (χ1n) is 4.77. The Balaban J connectivity index is 2.29. The molecule has 0 radical (unpaired) electrons. The normalized spacial score (nSPS) is 22.2. The summed E-state index contributed by atoms with van der Waals surface area (Å²) >= 11 is 0. The lowest BCUT2D eigenvalue weighted by molar-refractivity contribution is 0.558. The van der Waals surface area contributed by atoms with Crippen molar-refractivity contribution in [3.8, 4) is 0 Å². The Labute approximate surface area is 78.0 Å². The van der Waals surface area contributed by atoms with Crippen LogP contribution in [0.15, 0.2) is 18.2 Å². The monoisotopic (exact) mass is 179 g/mol. The van der Waals surface area contributed by atoms with Crippen molar-refractivity contribution in [1.82, 2.24) is 5.32 Å². The van der Waals surface area contributed by atoms with E-state index in [2.05, 4.69) is 5.32 Å². The predicted octanol–water partition coefficient (Wildman–Crippen LogP) is 2.56. The fourth-order valence-electron chi connectivity index (χ4n) is 1.86. The Hall–Kier alpha value is -0.890. The maximum absolute atomic E-state index is 13.5. The van der Waals surface area contributed by atoms with Gasteiger partial charge in [0.2, 0.25) is 0 Å². The van der Waals surface area contributed by atoms with E-state index in [1.807, 2.05) is 19.1 Å². The van der Waals surface area contributed by atoms with Crippen molar-refractivity contribution in [2.45, 2.75) is 25.8 Å². The van der Waals surface area contributed by atoms with Gasteiger partial charge in [-0.15, -0.1) is 0 Å². The highest BCUT2D eigenvalue weighted by Gasteiger charge is 2.18. The molecule has 2 heteroatoms. The standard InChI is InChI=1S/C11H14FN/c1-8-4-5-9(10(12)7-8)11-3-2-6-13-11/h4-5,7,11,13H,2-3,6H2,1H3. The van der Waals surface area contributed by atoms with Gasteiger partial charge < -0.3 is 5.32 Å². The number of hydrogen-bond donors (Lipinski definition) is 1. The summed E-state index contributed by atoms with van der Waals surface area (Å²) in [6.07, 6.45) is 2.21. The van der Waals surface area contributed by atoms with Crippen LogP contribution in [0.2, 0.25) is 0 Å². The van der Waals surface area contributed by atoms with Crippen LogP contribution in [0.4, 0.5) is 4.39 Å². The zero-order chi connectivity index (χ0) is 9.26. The van der Waals surface area contributed by atoms with Crippen LogP contribution in [-0.2, 0) is 0 Å². The van der Waals surface area contributed by atoms with E-state index < -0.39 is 0 Å². The van der Waals surface area contributed by atoms with E-state index in [-0.39, 0.29) is 11.9 Å². The Bertz CT molecular complexity index is 303. The summed E-state index contributed by atoms with van der Waals surface area (Å²) in [6, 6.07) is 5.71. The van der Waals surface area contributed by atoms with Gasteiger partial charge >= 0.3 is 0 Å². The highest BCUT2D eigenvalue weighted by molar-refractivity contribution is 5.26. The van der Waals surface area contributed by atoms with Gasteiger partial charge in [0.1, 0.15) is 5.82 Å². The summed E-state index contributed by atoms with van der Waals surface area (Å²) < 4.78 is 13.5. The first kappa shape index (κ1) is 8.70. The zero-order valence-electron chi connectivity index (χ0n) is 7.81. The molecule has 0 amide bonds. The van der Waals surface area contributed by atoms with Crippen molar-refractivity contribution in [2.75, 3.05) is 6.54 Å². The number of halogens is 1. The molecule has 0 aromatic heterocycles. The maximum atomic E-state index is 13.5. The number of benzene rings is 1. The Kier molecular flexibility index (Phi) is 2.32. The molecule has 1 fully saturated rings. The van der Waals surface area contributed by atoms with Crippen LogP contribution in [0.1, 0.15) is 30.0 Å². The van der Waals surface area contributed by atoms with E-state index in [1.54, 1.807) is 6.07 Å². The average molecular weight is 179 g/mol. The first-order valence-corrected chi connectivity index (χ1v) is 4.77. The third-order valence-corrected chi connectivity index (χ3v) is 2.59. The lowest BCUT2D eigenvalue weighted by Crippen LogP contribution is -2.14. The molecule has 1 heterocycles. The molecule has 0 bridgehead atoms. The van der Waals surface area contributed by atoms with Gasteiger partial charge in [-0.2, -0.15) is 0 Å². The van der Waals surface area contributed by atoms with E-state index in [4.69, 9.17) is 0 Å². The number of rotatable bonds is 1. The summed E-state index contributed by atoms with van der Waals surface area (Å²) in [7, 11) is 0. The molecule has 0 spiro atoms. The van der Waals surface area contributed by atoms with E-state index in [9.17, 15) is 4.39 Å². The molecule has 2 rings (SSSR count). The summed E-state index contributed by atoms with van der Waals surface area (Å²) in [5.74, 6) is -0.0700. The average Bonchev–Trinajstić information content (AvgIpc) is 2.56. The van der Waals surface area contributed by atoms with Gasteiger partial charge in [0.15, 0.2) is 0 Å². The molecule has 13 heavy (non-hydrogen) atoms. The second kappa shape index (κ2) is 3.46. The quantitative estimate of drug-likeness (QED) is 0.698.